The zero-order valence-corrected chi connectivity index (χ0v) is 44.0. The van der Waals surface area contributed by atoms with E-state index in [1.807, 2.05) is 0 Å². The molecule has 0 spiro atoms. The molecule has 0 heterocycles. The minimum Gasteiger partial charge on any atom is -0.462 e. The summed E-state index contributed by atoms with van der Waals surface area (Å²) in [6, 6.07) is 0. The molecule has 0 N–H and O–H groups in total. The van der Waals surface area contributed by atoms with Crippen molar-refractivity contribution in [2.24, 2.45) is 0 Å². The van der Waals surface area contributed by atoms with Crippen molar-refractivity contribution in [1.29, 1.82) is 0 Å². The molecule has 0 aromatic rings. The van der Waals surface area contributed by atoms with Crippen molar-refractivity contribution >= 4 is 17.9 Å². The van der Waals surface area contributed by atoms with Gasteiger partial charge in [0.25, 0.3) is 0 Å². The lowest BCUT2D eigenvalue weighted by Crippen LogP contribution is -2.30. The predicted molar refractivity (Wildman–Crippen MR) is 284 cm³/mol. The van der Waals surface area contributed by atoms with Crippen LogP contribution in [-0.2, 0) is 28.6 Å². The van der Waals surface area contributed by atoms with Crippen molar-refractivity contribution in [2.75, 3.05) is 13.2 Å². The van der Waals surface area contributed by atoms with Gasteiger partial charge in [-0.2, -0.15) is 0 Å². The van der Waals surface area contributed by atoms with E-state index in [-0.39, 0.29) is 31.1 Å². The molecule has 0 aliphatic rings. The molecule has 6 heteroatoms. The van der Waals surface area contributed by atoms with Crippen LogP contribution in [-0.4, -0.2) is 37.2 Å². The van der Waals surface area contributed by atoms with Gasteiger partial charge in [0.1, 0.15) is 13.2 Å². The summed E-state index contributed by atoms with van der Waals surface area (Å²) in [4.78, 5) is 38.1. The van der Waals surface area contributed by atoms with Gasteiger partial charge in [-0.15, -0.1) is 0 Å². The van der Waals surface area contributed by atoms with Gasteiger partial charge in [0.05, 0.1) is 0 Å². The summed E-state index contributed by atoms with van der Waals surface area (Å²) in [6.07, 6.45) is 66.8. The molecule has 0 bridgehead atoms. The van der Waals surface area contributed by atoms with Crippen LogP contribution in [0.1, 0.15) is 297 Å². The van der Waals surface area contributed by atoms with Crippen LogP contribution >= 0.6 is 0 Å². The summed E-state index contributed by atoms with van der Waals surface area (Å²) >= 11 is 0. The van der Waals surface area contributed by atoms with Gasteiger partial charge in [0, 0.05) is 19.3 Å². The molecule has 0 aliphatic carbocycles. The third-order valence-corrected chi connectivity index (χ3v) is 12.5. The van der Waals surface area contributed by atoms with Crippen molar-refractivity contribution in [3.8, 4) is 0 Å². The van der Waals surface area contributed by atoms with Crippen LogP contribution in [0.2, 0.25) is 0 Å². The molecule has 0 saturated heterocycles. The first kappa shape index (κ1) is 63.4. The van der Waals surface area contributed by atoms with Gasteiger partial charge in [0.15, 0.2) is 6.10 Å². The molecular formula is C60H108O6. The van der Waals surface area contributed by atoms with E-state index in [9.17, 15) is 14.4 Å². The highest BCUT2D eigenvalue weighted by Crippen LogP contribution is 2.15. The zero-order valence-electron chi connectivity index (χ0n) is 44.0. The standard InChI is InChI=1S/C60H108O6/c1-4-7-10-13-16-19-22-24-26-28-29-30-31-32-34-35-38-41-44-47-50-53-59(62)65-56-57(55-64-58(61)52-49-46-43-40-37-21-18-15-12-9-6-3)66-60(63)54-51-48-45-42-39-36-33-27-25-23-20-17-14-11-8-5-2/h15,18,20,23,27-29,33,57H,4-14,16-17,19,21-22,24-26,30-32,34-56H2,1-3H3/b18-15-,23-20-,29-28-,33-27-. The number of hydrogen-bond acceptors (Lipinski definition) is 6. The molecular weight excluding hydrogens is 817 g/mol. The summed E-state index contributed by atoms with van der Waals surface area (Å²) in [5.74, 6) is -0.897. The van der Waals surface area contributed by atoms with Gasteiger partial charge in [-0.1, -0.05) is 230 Å². The molecule has 384 valence electrons. The molecule has 0 rings (SSSR count). The number of hydrogen-bond donors (Lipinski definition) is 0. The second-order valence-electron chi connectivity index (χ2n) is 19.2. The zero-order chi connectivity index (χ0) is 47.9. The number of ether oxygens (including phenoxy) is 3. The van der Waals surface area contributed by atoms with Crippen LogP contribution < -0.4 is 0 Å². The van der Waals surface area contributed by atoms with Crippen molar-refractivity contribution in [1.82, 2.24) is 0 Å². The quantitative estimate of drug-likeness (QED) is 0.0262. The molecule has 1 atom stereocenters. The first-order chi connectivity index (χ1) is 32.5. The third-order valence-electron chi connectivity index (χ3n) is 12.5. The van der Waals surface area contributed by atoms with Gasteiger partial charge >= 0.3 is 17.9 Å². The maximum Gasteiger partial charge on any atom is 0.306 e. The number of carbonyl (C=O) groups is 3. The highest BCUT2D eigenvalue weighted by atomic mass is 16.6. The molecule has 0 saturated carbocycles. The molecule has 66 heavy (non-hydrogen) atoms. The molecule has 0 aromatic heterocycles. The second kappa shape index (κ2) is 55.0. The minimum atomic E-state index is -0.783. The van der Waals surface area contributed by atoms with Gasteiger partial charge in [-0.25, -0.2) is 0 Å². The summed E-state index contributed by atoms with van der Waals surface area (Å²) < 4.78 is 16.8. The monoisotopic (exact) mass is 925 g/mol. The molecule has 0 amide bonds. The summed E-state index contributed by atoms with van der Waals surface area (Å²) in [7, 11) is 0. The lowest BCUT2D eigenvalue weighted by atomic mass is 10.1. The summed E-state index contributed by atoms with van der Waals surface area (Å²) in [5.41, 5.74) is 0. The van der Waals surface area contributed by atoms with Crippen LogP contribution in [0.25, 0.3) is 0 Å². The van der Waals surface area contributed by atoms with E-state index in [0.717, 1.165) is 89.9 Å². The average Bonchev–Trinajstić information content (AvgIpc) is 3.31. The van der Waals surface area contributed by atoms with Crippen LogP contribution in [0.3, 0.4) is 0 Å². The Kier molecular flexibility index (Phi) is 52.8. The Balaban J connectivity index is 4.31. The first-order valence-corrected chi connectivity index (χ1v) is 28.6. The number of carbonyl (C=O) groups excluding carboxylic acids is 3. The number of esters is 3. The first-order valence-electron chi connectivity index (χ1n) is 28.6. The van der Waals surface area contributed by atoms with E-state index in [1.165, 1.54) is 167 Å². The highest BCUT2D eigenvalue weighted by molar-refractivity contribution is 5.71. The lowest BCUT2D eigenvalue weighted by Gasteiger charge is -2.18. The summed E-state index contributed by atoms with van der Waals surface area (Å²) in [6.45, 7) is 6.59. The second-order valence-corrected chi connectivity index (χ2v) is 19.2. The van der Waals surface area contributed by atoms with Crippen molar-refractivity contribution < 1.29 is 28.6 Å². The van der Waals surface area contributed by atoms with Crippen molar-refractivity contribution in [3.05, 3.63) is 48.6 Å². The van der Waals surface area contributed by atoms with Gasteiger partial charge in [0.2, 0.25) is 0 Å². The normalized spacial score (nSPS) is 12.3. The molecule has 1 unspecified atom stereocenters. The minimum absolute atomic E-state index is 0.0813. The van der Waals surface area contributed by atoms with E-state index in [4.69, 9.17) is 14.2 Å². The summed E-state index contributed by atoms with van der Waals surface area (Å²) in [5, 5.41) is 0. The van der Waals surface area contributed by atoms with Crippen LogP contribution in [0.15, 0.2) is 48.6 Å². The van der Waals surface area contributed by atoms with E-state index >= 15 is 0 Å². The largest absolute Gasteiger partial charge is 0.462 e. The maximum atomic E-state index is 12.8. The van der Waals surface area contributed by atoms with E-state index in [1.54, 1.807) is 0 Å². The average molecular weight is 926 g/mol. The smallest absolute Gasteiger partial charge is 0.306 e. The Labute approximate surface area is 409 Å². The Morgan fingerprint density at radius 2 is 0.561 bits per heavy atom. The van der Waals surface area contributed by atoms with Gasteiger partial charge in [-0.05, 0) is 96.3 Å². The fourth-order valence-corrected chi connectivity index (χ4v) is 8.15. The highest BCUT2D eigenvalue weighted by Gasteiger charge is 2.19. The van der Waals surface area contributed by atoms with E-state index in [2.05, 4.69) is 69.4 Å². The van der Waals surface area contributed by atoms with Gasteiger partial charge in [-0.3, -0.25) is 14.4 Å². The van der Waals surface area contributed by atoms with Crippen molar-refractivity contribution in [3.63, 3.8) is 0 Å². The van der Waals surface area contributed by atoms with Crippen LogP contribution in [0, 0.1) is 0 Å². The molecule has 0 radical (unpaired) electrons. The number of allylic oxidation sites excluding steroid dienone is 8. The van der Waals surface area contributed by atoms with Crippen molar-refractivity contribution in [2.45, 2.75) is 303 Å². The van der Waals surface area contributed by atoms with E-state index in [0.29, 0.717) is 19.3 Å². The lowest BCUT2D eigenvalue weighted by molar-refractivity contribution is -0.167. The fourth-order valence-electron chi connectivity index (χ4n) is 8.15. The molecule has 0 aliphatic heterocycles. The Morgan fingerprint density at radius 3 is 0.909 bits per heavy atom. The Morgan fingerprint density at radius 1 is 0.303 bits per heavy atom. The molecule has 0 aromatic carbocycles. The number of unbranched alkanes of at least 4 members (excludes halogenated alkanes) is 33. The SMILES string of the molecule is CCCC/C=C\CCCCCCCC(=O)OCC(COC(=O)CCCCCCCCCCC/C=C\CCCCCCCCCC)OC(=O)CCCCCCC/C=C\C/C=C\CCCCCC. The van der Waals surface area contributed by atoms with Gasteiger partial charge < -0.3 is 14.2 Å². The molecule has 6 nitrogen and oxygen atoms in total. The molecule has 0 fully saturated rings. The predicted octanol–water partition coefficient (Wildman–Crippen LogP) is 19.0. The Hall–Kier alpha value is -2.63. The number of rotatable bonds is 52. The topological polar surface area (TPSA) is 78.9 Å². The van der Waals surface area contributed by atoms with E-state index < -0.39 is 6.10 Å². The fraction of sp³-hybridized carbons (Fsp3) is 0.817. The maximum absolute atomic E-state index is 12.8. The van der Waals surface area contributed by atoms with Crippen LogP contribution in [0.4, 0.5) is 0 Å². The third kappa shape index (κ3) is 52.3. The van der Waals surface area contributed by atoms with Crippen LogP contribution in [0.5, 0.6) is 0 Å². The Bertz CT molecular complexity index is 1150.